The van der Waals surface area contributed by atoms with Crippen LogP contribution in [0.15, 0.2) is 24.3 Å². The van der Waals surface area contributed by atoms with Crippen molar-refractivity contribution in [3.63, 3.8) is 0 Å². The van der Waals surface area contributed by atoms with Gasteiger partial charge in [-0.2, -0.15) is 0 Å². The quantitative estimate of drug-likeness (QED) is 0.853. The van der Waals surface area contributed by atoms with Crippen LogP contribution < -0.4 is 10.1 Å². The fraction of sp³-hybridized carbons (Fsp3) is 0.500. The van der Waals surface area contributed by atoms with Crippen molar-refractivity contribution in [3.8, 4) is 5.75 Å². The second-order valence-corrected chi connectivity index (χ2v) is 5.15. The Morgan fingerprint density at radius 1 is 1.12 bits per heavy atom. The van der Waals surface area contributed by atoms with E-state index >= 15 is 0 Å². The van der Waals surface area contributed by atoms with Crippen LogP contribution in [0, 0.1) is 11.8 Å². The molecule has 0 aliphatic carbocycles. The smallest absolute Gasteiger partial charge is 0.258 e. The fourth-order valence-electron chi connectivity index (χ4n) is 2.39. The summed E-state index contributed by atoms with van der Waals surface area (Å²) in [5, 5.41) is 3.02. The number of hydrogen-bond donors (Lipinski definition) is 1. The molecule has 0 saturated heterocycles. The Labute approximate surface area is 102 Å². The summed E-state index contributed by atoms with van der Waals surface area (Å²) in [4.78, 5) is 12.1. The van der Waals surface area contributed by atoms with Crippen LogP contribution in [-0.2, 0) is 0 Å². The molecule has 1 aliphatic rings. The molecule has 17 heavy (non-hydrogen) atoms. The first-order valence-electron chi connectivity index (χ1n) is 6.08. The first kappa shape index (κ1) is 12.0. The summed E-state index contributed by atoms with van der Waals surface area (Å²) in [6.07, 6.45) is 0. The first-order chi connectivity index (χ1) is 7.97. The van der Waals surface area contributed by atoms with Gasteiger partial charge in [0, 0.05) is 11.8 Å². The molecule has 3 heteroatoms. The highest BCUT2D eigenvalue weighted by Crippen LogP contribution is 2.35. The molecule has 1 amide bonds. The van der Waals surface area contributed by atoms with Crippen LogP contribution in [-0.4, -0.2) is 11.6 Å². The van der Waals surface area contributed by atoms with Crippen molar-refractivity contribution in [2.45, 2.75) is 33.4 Å². The molecule has 0 radical (unpaired) electrons. The second-order valence-electron chi connectivity index (χ2n) is 5.15. The van der Waals surface area contributed by atoms with Gasteiger partial charge in [-0.3, -0.25) is 4.79 Å². The first-order valence-corrected chi connectivity index (χ1v) is 6.08. The molecule has 0 fully saturated rings. The van der Waals surface area contributed by atoms with Crippen molar-refractivity contribution in [2.24, 2.45) is 11.8 Å². The molecular formula is C14H19NO2. The molecule has 3 nitrogen and oxygen atoms in total. The average molecular weight is 233 g/mol. The fourth-order valence-corrected chi connectivity index (χ4v) is 2.39. The van der Waals surface area contributed by atoms with Gasteiger partial charge in [0.2, 0.25) is 0 Å². The van der Waals surface area contributed by atoms with Gasteiger partial charge in [-0.1, -0.05) is 39.8 Å². The SMILES string of the molecule is CC(C)C1(C(C)C)NC(=O)c2ccccc2O1. The van der Waals surface area contributed by atoms with Crippen molar-refractivity contribution in [3.05, 3.63) is 29.8 Å². The van der Waals surface area contributed by atoms with E-state index in [9.17, 15) is 4.79 Å². The number of fused-ring (bicyclic) bond motifs is 1. The standard InChI is InChI=1S/C14H19NO2/c1-9(2)14(10(3)4)15-13(16)11-7-5-6-8-12(11)17-14/h5-10H,1-4H3,(H,15,16). The van der Waals surface area contributed by atoms with E-state index in [1.165, 1.54) is 0 Å². The Morgan fingerprint density at radius 3 is 2.29 bits per heavy atom. The van der Waals surface area contributed by atoms with Gasteiger partial charge in [-0.05, 0) is 12.1 Å². The number of carbonyl (C=O) groups is 1. The summed E-state index contributed by atoms with van der Waals surface area (Å²) in [5.41, 5.74) is 0.00949. The van der Waals surface area contributed by atoms with Crippen LogP contribution in [0.25, 0.3) is 0 Å². The van der Waals surface area contributed by atoms with Gasteiger partial charge in [-0.25, -0.2) is 0 Å². The van der Waals surface area contributed by atoms with Crippen LogP contribution in [0.4, 0.5) is 0 Å². The molecule has 92 valence electrons. The highest BCUT2D eigenvalue weighted by Gasteiger charge is 2.44. The largest absolute Gasteiger partial charge is 0.467 e. The zero-order valence-electron chi connectivity index (χ0n) is 10.8. The lowest BCUT2D eigenvalue weighted by Crippen LogP contribution is -2.62. The summed E-state index contributed by atoms with van der Waals surface area (Å²) in [6.45, 7) is 8.25. The maximum atomic E-state index is 12.1. The highest BCUT2D eigenvalue weighted by molar-refractivity contribution is 5.98. The maximum absolute atomic E-state index is 12.1. The minimum atomic E-state index is -0.606. The minimum Gasteiger partial charge on any atom is -0.467 e. The van der Waals surface area contributed by atoms with Gasteiger partial charge in [0.05, 0.1) is 5.56 Å². The van der Waals surface area contributed by atoms with E-state index < -0.39 is 5.72 Å². The Hall–Kier alpha value is -1.51. The molecule has 0 atom stereocenters. The van der Waals surface area contributed by atoms with Crippen LogP contribution in [0.5, 0.6) is 5.75 Å². The molecule has 1 N–H and O–H groups in total. The van der Waals surface area contributed by atoms with Crippen LogP contribution in [0.3, 0.4) is 0 Å². The molecule has 0 bridgehead atoms. The molecule has 1 heterocycles. The van der Waals surface area contributed by atoms with Crippen molar-refractivity contribution < 1.29 is 9.53 Å². The molecule has 1 aromatic carbocycles. The van der Waals surface area contributed by atoms with Crippen molar-refractivity contribution in [2.75, 3.05) is 0 Å². The summed E-state index contributed by atoms with van der Waals surface area (Å²) >= 11 is 0. The minimum absolute atomic E-state index is 0.0470. The summed E-state index contributed by atoms with van der Waals surface area (Å²) in [5.74, 6) is 1.05. The van der Waals surface area contributed by atoms with E-state index in [1.807, 2.05) is 18.2 Å². The predicted octanol–water partition coefficient (Wildman–Crippen LogP) is 2.82. The van der Waals surface area contributed by atoms with Crippen LogP contribution >= 0.6 is 0 Å². The van der Waals surface area contributed by atoms with Gasteiger partial charge >= 0.3 is 0 Å². The Morgan fingerprint density at radius 2 is 1.71 bits per heavy atom. The van der Waals surface area contributed by atoms with E-state index in [2.05, 4.69) is 33.0 Å². The zero-order chi connectivity index (χ0) is 12.6. The number of nitrogens with one attached hydrogen (secondary N) is 1. The number of carbonyl (C=O) groups excluding carboxylic acids is 1. The number of benzene rings is 1. The van der Waals surface area contributed by atoms with Gasteiger partial charge in [0.1, 0.15) is 5.75 Å². The summed E-state index contributed by atoms with van der Waals surface area (Å²) < 4.78 is 6.08. The average Bonchev–Trinajstić information content (AvgIpc) is 2.28. The molecule has 0 spiro atoms. The summed E-state index contributed by atoms with van der Waals surface area (Å²) in [7, 11) is 0. The van der Waals surface area contributed by atoms with Crippen molar-refractivity contribution in [1.82, 2.24) is 5.32 Å². The lowest BCUT2D eigenvalue weighted by Gasteiger charge is -2.44. The van der Waals surface area contributed by atoms with Crippen LogP contribution in [0.1, 0.15) is 38.1 Å². The summed E-state index contributed by atoms with van der Waals surface area (Å²) in [6, 6.07) is 7.38. The molecule has 1 aliphatic heterocycles. The van der Waals surface area contributed by atoms with Crippen molar-refractivity contribution in [1.29, 1.82) is 0 Å². The van der Waals surface area contributed by atoms with Gasteiger partial charge in [0.15, 0.2) is 5.72 Å². The second kappa shape index (κ2) is 4.06. The number of ether oxygens (including phenoxy) is 1. The third kappa shape index (κ3) is 1.79. The number of para-hydroxylation sites is 1. The molecule has 0 unspecified atom stereocenters. The third-order valence-corrected chi connectivity index (χ3v) is 3.43. The number of hydrogen-bond acceptors (Lipinski definition) is 2. The lowest BCUT2D eigenvalue weighted by atomic mass is 9.86. The van der Waals surface area contributed by atoms with E-state index in [1.54, 1.807) is 6.07 Å². The molecule has 0 aromatic heterocycles. The predicted molar refractivity (Wildman–Crippen MR) is 66.9 cm³/mol. The molecule has 2 rings (SSSR count). The third-order valence-electron chi connectivity index (χ3n) is 3.43. The van der Waals surface area contributed by atoms with E-state index in [0.717, 1.165) is 0 Å². The van der Waals surface area contributed by atoms with E-state index in [4.69, 9.17) is 4.74 Å². The molecular weight excluding hydrogens is 214 g/mol. The van der Waals surface area contributed by atoms with Gasteiger partial charge < -0.3 is 10.1 Å². The van der Waals surface area contributed by atoms with Gasteiger partial charge in [-0.15, -0.1) is 0 Å². The number of amides is 1. The van der Waals surface area contributed by atoms with E-state index in [-0.39, 0.29) is 17.7 Å². The van der Waals surface area contributed by atoms with E-state index in [0.29, 0.717) is 11.3 Å². The topological polar surface area (TPSA) is 38.3 Å². The Bertz CT molecular complexity index is 430. The zero-order valence-corrected chi connectivity index (χ0v) is 10.8. The maximum Gasteiger partial charge on any atom is 0.258 e. The molecule has 1 aromatic rings. The number of rotatable bonds is 2. The lowest BCUT2D eigenvalue weighted by molar-refractivity contribution is -0.0526. The van der Waals surface area contributed by atoms with Crippen LogP contribution in [0.2, 0.25) is 0 Å². The monoisotopic (exact) mass is 233 g/mol. The Kier molecular flexibility index (Phi) is 2.86. The molecule has 0 saturated carbocycles. The highest BCUT2D eigenvalue weighted by atomic mass is 16.5. The van der Waals surface area contributed by atoms with Gasteiger partial charge in [0.25, 0.3) is 5.91 Å². The Balaban J connectivity index is 2.48. The van der Waals surface area contributed by atoms with Crippen molar-refractivity contribution >= 4 is 5.91 Å². The normalized spacial score (nSPS) is 17.6.